The second-order valence-corrected chi connectivity index (χ2v) is 9.44. The molecule has 0 spiro atoms. The number of fused-ring (bicyclic) bond motifs is 3. The van der Waals surface area contributed by atoms with E-state index in [0.29, 0.717) is 30.8 Å². The lowest BCUT2D eigenvalue weighted by Gasteiger charge is -2.35. The first kappa shape index (κ1) is 25.5. The van der Waals surface area contributed by atoms with Gasteiger partial charge in [0.05, 0.1) is 25.4 Å². The molecule has 1 aromatic heterocycles. The van der Waals surface area contributed by atoms with E-state index in [-0.39, 0.29) is 36.5 Å². The molecule has 0 unspecified atom stereocenters. The Kier molecular flexibility index (Phi) is 8.13. The van der Waals surface area contributed by atoms with Crippen LogP contribution in [0.3, 0.4) is 0 Å². The third-order valence-corrected chi connectivity index (χ3v) is 6.82. The molecule has 4 rings (SSSR count). The number of likely N-dealkylation sites (N-methyl/N-ethyl adjacent to an activating group) is 1. The van der Waals surface area contributed by atoms with Crippen molar-refractivity contribution in [2.75, 3.05) is 26.7 Å². The lowest BCUT2D eigenvalue weighted by Crippen LogP contribution is -2.47. The van der Waals surface area contributed by atoms with E-state index in [9.17, 15) is 14.7 Å². The van der Waals surface area contributed by atoms with Crippen LogP contribution in [-0.2, 0) is 11.3 Å². The Hall–Kier alpha value is -3.55. The first-order valence-corrected chi connectivity index (χ1v) is 12.3. The Labute approximate surface area is 212 Å². The maximum Gasteiger partial charge on any atom is 0.254 e. The Morgan fingerprint density at radius 1 is 1.08 bits per heavy atom. The summed E-state index contributed by atoms with van der Waals surface area (Å²) in [5.74, 6) is -0.351. The number of pyridine rings is 1. The molecule has 2 heterocycles. The van der Waals surface area contributed by atoms with Crippen molar-refractivity contribution in [3.8, 4) is 11.1 Å². The molecule has 2 aromatic carbocycles. The third kappa shape index (κ3) is 5.48. The minimum absolute atomic E-state index is 0.104. The van der Waals surface area contributed by atoms with Gasteiger partial charge in [-0.3, -0.25) is 14.6 Å². The topological polar surface area (TPSA) is 83.0 Å². The number of ether oxygens (including phenoxy) is 1. The molecule has 3 atom stereocenters. The number of aliphatic hydroxyl groups excluding tert-OH is 1. The van der Waals surface area contributed by atoms with E-state index in [4.69, 9.17) is 4.74 Å². The van der Waals surface area contributed by atoms with Crippen LogP contribution in [0.1, 0.15) is 40.1 Å². The summed E-state index contributed by atoms with van der Waals surface area (Å²) in [6.07, 6.45) is 2.86. The van der Waals surface area contributed by atoms with Crippen molar-refractivity contribution in [3.63, 3.8) is 0 Å². The van der Waals surface area contributed by atoms with Crippen LogP contribution in [0, 0.1) is 5.92 Å². The number of amides is 2. The van der Waals surface area contributed by atoms with E-state index in [2.05, 4.69) is 4.98 Å². The fourth-order valence-corrected chi connectivity index (χ4v) is 4.62. The van der Waals surface area contributed by atoms with Crippen LogP contribution in [0.2, 0.25) is 0 Å². The molecule has 2 amide bonds. The highest BCUT2D eigenvalue weighted by Crippen LogP contribution is 2.31. The summed E-state index contributed by atoms with van der Waals surface area (Å²) in [6.45, 7) is 4.80. The molecule has 188 valence electrons. The van der Waals surface area contributed by atoms with E-state index >= 15 is 0 Å². The minimum Gasteiger partial charge on any atom is -0.394 e. The van der Waals surface area contributed by atoms with Gasteiger partial charge in [0.2, 0.25) is 0 Å². The zero-order valence-electron chi connectivity index (χ0n) is 21.0. The van der Waals surface area contributed by atoms with Crippen LogP contribution >= 0.6 is 0 Å². The van der Waals surface area contributed by atoms with E-state index < -0.39 is 0 Å². The molecule has 1 aliphatic heterocycles. The predicted molar refractivity (Wildman–Crippen MR) is 138 cm³/mol. The van der Waals surface area contributed by atoms with Gasteiger partial charge in [-0.25, -0.2) is 0 Å². The zero-order chi connectivity index (χ0) is 25.7. The summed E-state index contributed by atoms with van der Waals surface area (Å²) in [5, 5.41) is 9.97. The van der Waals surface area contributed by atoms with E-state index in [0.717, 1.165) is 16.7 Å². The average Bonchev–Trinajstić information content (AvgIpc) is 2.94. The second-order valence-electron chi connectivity index (χ2n) is 9.44. The zero-order valence-corrected chi connectivity index (χ0v) is 21.0. The number of nitrogens with zero attached hydrogens (tertiary/aromatic N) is 3. The molecule has 0 radical (unpaired) electrons. The van der Waals surface area contributed by atoms with E-state index in [1.54, 1.807) is 41.4 Å². The van der Waals surface area contributed by atoms with Gasteiger partial charge in [-0.2, -0.15) is 0 Å². The summed E-state index contributed by atoms with van der Waals surface area (Å²) in [6, 6.07) is 18.5. The largest absolute Gasteiger partial charge is 0.394 e. The van der Waals surface area contributed by atoms with Crippen molar-refractivity contribution >= 4 is 11.8 Å². The van der Waals surface area contributed by atoms with Crippen LogP contribution in [0.25, 0.3) is 11.1 Å². The Balaban J connectivity index is 1.71. The van der Waals surface area contributed by atoms with Gasteiger partial charge in [0, 0.05) is 49.6 Å². The molecule has 1 N–H and O–H groups in total. The van der Waals surface area contributed by atoms with Crippen LogP contribution < -0.4 is 0 Å². The van der Waals surface area contributed by atoms with Crippen molar-refractivity contribution in [1.29, 1.82) is 0 Å². The lowest BCUT2D eigenvalue weighted by atomic mass is 9.94. The first-order chi connectivity index (χ1) is 17.4. The molecule has 1 aliphatic rings. The molecule has 0 saturated carbocycles. The summed E-state index contributed by atoms with van der Waals surface area (Å²) in [4.78, 5) is 34.2. The average molecular weight is 488 g/mol. The molecular weight excluding hydrogens is 454 g/mol. The van der Waals surface area contributed by atoms with Gasteiger partial charge in [0.25, 0.3) is 11.8 Å². The van der Waals surface area contributed by atoms with Crippen LogP contribution in [-0.4, -0.2) is 70.6 Å². The number of aromatic nitrogens is 1. The standard InChI is InChI=1S/C29H33N3O4/c1-20-16-32(21(2)18-33)29(35)26-11-7-6-10-25(26)24-9-5-4-8-23(24)19-36-27(20)17-31(3)28(34)22-12-14-30-15-13-22/h4-15,20-21,27,33H,16-19H2,1-3H3/t20-,21+,27+/m0/s1. The fraction of sp³-hybridized carbons (Fsp3) is 0.345. The summed E-state index contributed by atoms with van der Waals surface area (Å²) in [5.41, 5.74) is 3.91. The smallest absolute Gasteiger partial charge is 0.254 e. The maximum atomic E-state index is 13.8. The number of carbonyl (C=O) groups excluding carboxylic acids is 2. The lowest BCUT2D eigenvalue weighted by molar-refractivity contribution is -0.0209. The Morgan fingerprint density at radius 3 is 2.42 bits per heavy atom. The fourth-order valence-electron chi connectivity index (χ4n) is 4.62. The van der Waals surface area contributed by atoms with Gasteiger partial charge in [0.15, 0.2) is 0 Å². The number of hydrogen-bond acceptors (Lipinski definition) is 5. The normalized spacial score (nSPS) is 19.0. The molecule has 3 aromatic rings. The van der Waals surface area contributed by atoms with Gasteiger partial charge < -0.3 is 19.6 Å². The Bertz CT molecular complexity index is 1200. The van der Waals surface area contributed by atoms with Crippen molar-refractivity contribution in [2.24, 2.45) is 5.92 Å². The van der Waals surface area contributed by atoms with Crippen molar-refractivity contribution in [3.05, 3.63) is 89.7 Å². The summed E-state index contributed by atoms with van der Waals surface area (Å²) < 4.78 is 6.47. The van der Waals surface area contributed by atoms with Crippen LogP contribution in [0.5, 0.6) is 0 Å². The second kappa shape index (κ2) is 11.5. The molecule has 7 heteroatoms. The molecule has 0 bridgehead atoms. The number of aliphatic hydroxyl groups is 1. The van der Waals surface area contributed by atoms with Gasteiger partial charge in [-0.15, -0.1) is 0 Å². The highest BCUT2D eigenvalue weighted by Gasteiger charge is 2.31. The van der Waals surface area contributed by atoms with Crippen LogP contribution in [0.15, 0.2) is 73.1 Å². The number of hydrogen-bond donors (Lipinski definition) is 1. The van der Waals surface area contributed by atoms with Crippen molar-refractivity contribution < 1.29 is 19.4 Å². The quantitative estimate of drug-likeness (QED) is 0.591. The molecule has 0 aliphatic carbocycles. The number of rotatable bonds is 5. The molecule has 0 saturated heterocycles. The molecule has 7 nitrogen and oxygen atoms in total. The monoisotopic (exact) mass is 487 g/mol. The maximum absolute atomic E-state index is 13.8. The Morgan fingerprint density at radius 2 is 1.72 bits per heavy atom. The highest BCUT2D eigenvalue weighted by molar-refractivity contribution is 6.01. The molecular formula is C29H33N3O4. The van der Waals surface area contributed by atoms with Gasteiger partial charge in [0.1, 0.15) is 0 Å². The first-order valence-electron chi connectivity index (χ1n) is 12.3. The predicted octanol–water partition coefficient (Wildman–Crippen LogP) is 3.88. The van der Waals surface area contributed by atoms with Gasteiger partial charge >= 0.3 is 0 Å². The van der Waals surface area contributed by atoms with E-state index in [1.807, 2.05) is 62.4 Å². The minimum atomic E-state index is -0.374. The van der Waals surface area contributed by atoms with Crippen molar-refractivity contribution in [1.82, 2.24) is 14.8 Å². The van der Waals surface area contributed by atoms with E-state index in [1.165, 1.54) is 0 Å². The summed E-state index contributed by atoms with van der Waals surface area (Å²) in [7, 11) is 1.76. The van der Waals surface area contributed by atoms with Gasteiger partial charge in [-0.05, 0) is 41.8 Å². The van der Waals surface area contributed by atoms with Crippen molar-refractivity contribution in [2.45, 2.75) is 32.6 Å². The number of carbonyl (C=O) groups is 2. The number of benzene rings is 2. The molecule has 0 fully saturated rings. The summed E-state index contributed by atoms with van der Waals surface area (Å²) >= 11 is 0. The highest BCUT2D eigenvalue weighted by atomic mass is 16.5. The van der Waals surface area contributed by atoms with Crippen LogP contribution in [0.4, 0.5) is 0 Å². The van der Waals surface area contributed by atoms with Gasteiger partial charge in [-0.1, -0.05) is 49.4 Å². The third-order valence-electron chi connectivity index (χ3n) is 6.82. The molecule has 36 heavy (non-hydrogen) atoms. The SMILES string of the molecule is C[C@H](CO)N1C[C@H](C)[C@@H](CN(C)C(=O)c2ccncc2)OCc2ccccc2-c2ccccc2C1=O.